The smallest absolute Gasteiger partial charge is 0.416 e. The van der Waals surface area contributed by atoms with Crippen LogP contribution in [0.3, 0.4) is 0 Å². The van der Waals surface area contributed by atoms with Crippen LogP contribution in [0.25, 0.3) is 0 Å². The Bertz CT molecular complexity index is 790. The summed E-state index contributed by atoms with van der Waals surface area (Å²) in [7, 11) is 0. The van der Waals surface area contributed by atoms with E-state index in [2.05, 4.69) is 6.07 Å². The summed E-state index contributed by atoms with van der Waals surface area (Å²) in [5, 5.41) is 9.11. The Kier molecular flexibility index (Phi) is 3.77. The fourth-order valence-corrected chi connectivity index (χ4v) is 2.78. The van der Waals surface area contributed by atoms with Crippen LogP contribution in [-0.2, 0) is 19.0 Å². The van der Waals surface area contributed by atoms with Crippen LogP contribution < -0.4 is 4.74 Å². The second-order valence-electron chi connectivity index (χ2n) is 5.56. The Morgan fingerprint density at radius 1 is 1.22 bits per heavy atom. The standard InChI is InChI=1S/C18H14F3NO/c1-2-11-5-12(10-22)7-13(6-11)17-9-14-8-15(18(19,20)21)3-4-16(14)23-17/h3-8,17H,2,9H2,1H3/t17-/m0/s1. The van der Waals surface area contributed by atoms with Gasteiger partial charge in [-0.2, -0.15) is 18.4 Å². The molecule has 23 heavy (non-hydrogen) atoms. The second kappa shape index (κ2) is 5.62. The first-order valence-electron chi connectivity index (χ1n) is 7.31. The summed E-state index contributed by atoms with van der Waals surface area (Å²) < 4.78 is 44.2. The highest BCUT2D eigenvalue weighted by atomic mass is 19.4. The maximum absolute atomic E-state index is 12.8. The average molecular weight is 317 g/mol. The van der Waals surface area contributed by atoms with Gasteiger partial charge in [-0.05, 0) is 53.4 Å². The predicted octanol–water partition coefficient (Wildman–Crippen LogP) is 4.82. The van der Waals surface area contributed by atoms with E-state index in [4.69, 9.17) is 10.00 Å². The molecule has 118 valence electrons. The third-order valence-corrected chi connectivity index (χ3v) is 3.99. The van der Waals surface area contributed by atoms with Crippen LogP contribution in [0.1, 0.15) is 40.8 Å². The van der Waals surface area contributed by atoms with Gasteiger partial charge in [-0.15, -0.1) is 0 Å². The van der Waals surface area contributed by atoms with Crippen molar-refractivity contribution < 1.29 is 17.9 Å². The van der Waals surface area contributed by atoms with E-state index >= 15 is 0 Å². The van der Waals surface area contributed by atoms with Crippen molar-refractivity contribution in [1.82, 2.24) is 0 Å². The number of nitrogens with zero attached hydrogens (tertiary/aromatic N) is 1. The quantitative estimate of drug-likeness (QED) is 0.796. The molecule has 0 saturated heterocycles. The number of alkyl halides is 3. The summed E-state index contributed by atoms with van der Waals surface area (Å²) in [5.41, 5.74) is 2.25. The van der Waals surface area contributed by atoms with Crippen molar-refractivity contribution >= 4 is 0 Å². The predicted molar refractivity (Wildman–Crippen MR) is 79.1 cm³/mol. The van der Waals surface area contributed by atoms with Crippen LogP contribution in [-0.4, -0.2) is 0 Å². The number of aryl methyl sites for hydroxylation is 1. The van der Waals surface area contributed by atoms with Gasteiger partial charge in [0.2, 0.25) is 0 Å². The van der Waals surface area contributed by atoms with Crippen LogP contribution in [0, 0.1) is 11.3 Å². The monoisotopic (exact) mass is 317 g/mol. The van der Waals surface area contributed by atoms with Gasteiger partial charge >= 0.3 is 6.18 Å². The normalized spacial score (nSPS) is 16.6. The molecule has 0 spiro atoms. The molecule has 1 heterocycles. The van der Waals surface area contributed by atoms with Crippen LogP contribution in [0.5, 0.6) is 5.75 Å². The third-order valence-electron chi connectivity index (χ3n) is 3.99. The Morgan fingerprint density at radius 2 is 2.00 bits per heavy atom. The fourth-order valence-electron chi connectivity index (χ4n) is 2.78. The molecule has 0 bridgehead atoms. The van der Waals surface area contributed by atoms with E-state index in [1.165, 1.54) is 6.07 Å². The molecule has 0 amide bonds. The SMILES string of the molecule is CCc1cc(C#N)cc([C@@H]2Cc3cc(C(F)(F)F)ccc3O2)c1. The zero-order chi connectivity index (χ0) is 16.6. The summed E-state index contributed by atoms with van der Waals surface area (Å²) in [4.78, 5) is 0. The van der Waals surface area contributed by atoms with Gasteiger partial charge in [-0.25, -0.2) is 0 Å². The van der Waals surface area contributed by atoms with Crippen molar-refractivity contribution in [1.29, 1.82) is 5.26 Å². The number of ether oxygens (including phenoxy) is 1. The molecule has 1 atom stereocenters. The molecule has 0 aromatic heterocycles. The summed E-state index contributed by atoms with van der Waals surface area (Å²) in [6.45, 7) is 1.99. The number of fused-ring (bicyclic) bond motifs is 1. The number of hydrogen-bond acceptors (Lipinski definition) is 2. The Morgan fingerprint density at radius 3 is 2.65 bits per heavy atom. The van der Waals surface area contributed by atoms with Crippen molar-refractivity contribution in [2.75, 3.05) is 0 Å². The van der Waals surface area contributed by atoms with Gasteiger partial charge in [0.25, 0.3) is 0 Å². The zero-order valence-electron chi connectivity index (χ0n) is 12.4. The van der Waals surface area contributed by atoms with Gasteiger partial charge in [0.05, 0.1) is 17.2 Å². The largest absolute Gasteiger partial charge is 0.485 e. The minimum absolute atomic E-state index is 0.355. The summed E-state index contributed by atoms with van der Waals surface area (Å²) in [5.74, 6) is 0.475. The first-order chi connectivity index (χ1) is 10.9. The van der Waals surface area contributed by atoms with Crippen LogP contribution in [0.15, 0.2) is 36.4 Å². The topological polar surface area (TPSA) is 33.0 Å². The molecule has 0 aliphatic carbocycles. The van der Waals surface area contributed by atoms with Gasteiger partial charge in [0.15, 0.2) is 0 Å². The van der Waals surface area contributed by atoms with Crippen LogP contribution >= 0.6 is 0 Å². The van der Waals surface area contributed by atoms with Crippen LogP contribution in [0.2, 0.25) is 0 Å². The summed E-state index contributed by atoms with van der Waals surface area (Å²) >= 11 is 0. The number of nitriles is 1. The van der Waals surface area contributed by atoms with E-state index in [0.717, 1.165) is 29.7 Å². The van der Waals surface area contributed by atoms with E-state index in [1.54, 1.807) is 6.07 Å². The van der Waals surface area contributed by atoms with Crippen molar-refractivity contribution in [3.63, 3.8) is 0 Å². The van der Waals surface area contributed by atoms with E-state index in [1.807, 2.05) is 19.1 Å². The number of rotatable bonds is 2. The first kappa shape index (κ1) is 15.4. The zero-order valence-corrected chi connectivity index (χ0v) is 12.4. The molecule has 0 saturated carbocycles. The van der Waals surface area contributed by atoms with Gasteiger partial charge in [-0.1, -0.05) is 13.0 Å². The molecule has 1 aliphatic heterocycles. The highest BCUT2D eigenvalue weighted by Crippen LogP contribution is 2.40. The first-order valence-corrected chi connectivity index (χ1v) is 7.31. The Hall–Kier alpha value is -2.48. The van der Waals surface area contributed by atoms with Crippen LogP contribution in [0.4, 0.5) is 13.2 Å². The molecule has 2 aromatic carbocycles. The lowest BCUT2D eigenvalue weighted by atomic mass is 9.98. The van der Waals surface area contributed by atoms with E-state index in [0.29, 0.717) is 23.3 Å². The van der Waals surface area contributed by atoms with E-state index in [-0.39, 0.29) is 6.10 Å². The van der Waals surface area contributed by atoms with Gasteiger partial charge in [-0.3, -0.25) is 0 Å². The van der Waals surface area contributed by atoms with E-state index < -0.39 is 11.7 Å². The number of benzene rings is 2. The lowest BCUT2D eigenvalue weighted by molar-refractivity contribution is -0.137. The molecule has 0 N–H and O–H groups in total. The average Bonchev–Trinajstić information content (AvgIpc) is 2.96. The molecular formula is C18H14F3NO. The molecule has 0 fully saturated rings. The molecular weight excluding hydrogens is 303 g/mol. The third kappa shape index (κ3) is 3.02. The Balaban J connectivity index is 1.92. The lowest BCUT2D eigenvalue weighted by Crippen LogP contribution is -2.05. The molecule has 0 unspecified atom stereocenters. The van der Waals surface area contributed by atoms with Crippen molar-refractivity contribution in [2.24, 2.45) is 0 Å². The second-order valence-corrected chi connectivity index (χ2v) is 5.56. The highest BCUT2D eigenvalue weighted by molar-refractivity contribution is 5.45. The minimum atomic E-state index is -4.36. The molecule has 3 rings (SSSR count). The molecule has 2 aromatic rings. The summed E-state index contributed by atoms with van der Waals surface area (Å²) in [6, 6.07) is 11.2. The van der Waals surface area contributed by atoms with Crippen molar-refractivity contribution in [2.45, 2.75) is 32.0 Å². The maximum Gasteiger partial charge on any atom is 0.416 e. The number of halogens is 3. The van der Waals surface area contributed by atoms with Gasteiger partial charge in [0, 0.05) is 6.42 Å². The van der Waals surface area contributed by atoms with Crippen molar-refractivity contribution in [3.05, 3.63) is 64.2 Å². The van der Waals surface area contributed by atoms with Gasteiger partial charge < -0.3 is 4.74 Å². The molecule has 2 nitrogen and oxygen atoms in total. The van der Waals surface area contributed by atoms with Gasteiger partial charge in [0.1, 0.15) is 11.9 Å². The fraction of sp³-hybridized carbons (Fsp3) is 0.278. The Labute approximate surface area is 132 Å². The maximum atomic E-state index is 12.8. The van der Waals surface area contributed by atoms with E-state index in [9.17, 15) is 13.2 Å². The lowest BCUT2D eigenvalue weighted by Gasteiger charge is -2.13. The summed E-state index contributed by atoms with van der Waals surface area (Å²) in [6.07, 6.45) is -3.56. The molecule has 5 heteroatoms. The molecule has 0 radical (unpaired) electrons. The highest BCUT2D eigenvalue weighted by Gasteiger charge is 2.33. The van der Waals surface area contributed by atoms with Crippen molar-refractivity contribution in [3.8, 4) is 11.8 Å². The number of hydrogen-bond donors (Lipinski definition) is 0. The minimum Gasteiger partial charge on any atom is -0.485 e. The molecule has 1 aliphatic rings.